The van der Waals surface area contributed by atoms with Crippen molar-refractivity contribution in [2.24, 2.45) is 5.73 Å². The third-order valence-corrected chi connectivity index (χ3v) is 3.84. The molecule has 2 aromatic rings. The van der Waals surface area contributed by atoms with Crippen molar-refractivity contribution in [2.75, 3.05) is 11.5 Å². The van der Waals surface area contributed by atoms with Crippen molar-refractivity contribution in [2.45, 2.75) is 25.2 Å². The average Bonchev–Trinajstić information content (AvgIpc) is 3.15. The first kappa shape index (κ1) is 11.7. The van der Waals surface area contributed by atoms with Gasteiger partial charge in [0.25, 0.3) is 0 Å². The Labute approximate surface area is 110 Å². The Hall–Kier alpha value is -2.37. The highest BCUT2D eigenvalue weighted by Crippen LogP contribution is 2.50. The predicted octanol–water partition coefficient (Wildman–Crippen LogP) is 0.620. The summed E-state index contributed by atoms with van der Waals surface area (Å²) in [7, 11) is 0. The minimum Gasteiger partial charge on any atom is -0.397 e. The SMILES string of the molecule is Cc1cncc2c(N)nc(C3(C(N)=O)CC3)c(N)c12. The van der Waals surface area contributed by atoms with Crippen molar-refractivity contribution < 1.29 is 4.79 Å². The Kier molecular flexibility index (Phi) is 2.20. The molecule has 2 aromatic heterocycles. The van der Waals surface area contributed by atoms with Crippen LogP contribution in [0.5, 0.6) is 0 Å². The van der Waals surface area contributed by atoms with Crippen LogP contribution in [0.15, 0.2) is 12.4 Å². The molecule has 1 aliphatic rings. The van der Waals surface area contributed by atoms with Crippen LogP contribution in [0.4, 0.5) is 11.5 Å². The third-order valence-electron chi connectivity index (χ3n) is 3.84. The molecule has 1 amide bonds. The van der Waals surface area contributed by atoms with E-state index in [-0.39, 0.29) is 0 Å². The van der Waals surface area contributed by atoms with Crippen molar-refractivity contribution in [3.63, 3.8) is 0 Å². The number of nitrogens with two attached hydrogens (primary N) is 3. The molecule has 0 aliphatic heterocycles. The van der Waals surface area contributed by atoms with E-state index >= 15 is 0 Å². The Morgan fingerprint density at radius 2 is 2.00 bits per heavy atom. The van der Waals surface area contributed by atoms with E-state index in [0.29, 0.717) is 35.4 Å². The first-order chi connectivity index (χ1) is 8.97. The fraction of sp³-hybridized carbons (Fsp3) is 0.308. The van der Waals surface area contributed by atoms with Crippen molar-refractivity contribution in [3.05, 3.63) is 23.7 Å². The van der Waals surface area contributed by atoms with Crippen LogP contribution in [-0.2, 0) is 10.2 Å². The number of carbonyl (C=O) groups excluding carboxylic acids is 1. The van der Waals surface area contributed by atoms with Gasteiger partial charge in [0.05, 0.1) is 16.8 Å². The van der Waals surface area contributed by atoms with Crippen LogP contribution >= 0.6 is 0 Å². The number of nitrogen functional groups attached to an aromatic ring is 2. The highest BCUT2D eigenvalue weighted by Gasteiger charge is 2.53. The standard InChI is InChI=1S/C13H15N5O/c1-6-4-17-5-7-8(6)9(14)10(18-11(7)15)13(2-3-13)12(16)19/h4-5H,2-3,14H2,1H3,(H2,15,18)(H2,16,19). The lowest BCUT2D eigenvalue weighted by Crippen LogP contribution is -2.30. The van der Waals surface area contributed by atoms with Gasteiger partial charge in [-0.3, -0.25) is 9.78 Å². The van der Waals surface area contributed by atoms with Crippen molar-refractivity contribution in [1.82, 2.24) is 9.97 Å². The summed E-state index contributed by atoms with van der Waals surface area (Å²) < 4.78 is 0. The maximum atomic E-state index is 11.6. The summed E-state index contributed by atoms with van der Waals surface area (Å²) in [6.45, 7) is 1.90. The fourth-order valence-electron chi connectivity index (χ4n) is 2.57. The first-order valence-corrected chi connectivity index (χ1v) is 6.07. The number of carbonyl (C=O) groups is 1. The van der Waals surface area contributed by atoms with Crippen molar-refractivity contribution in [3.8, 4) is 0 Å². The molecule has 0 atom stereocenters. The molecule has 0 spiro atoms. The van der Waals surface area contributed by atoms with Gasteiger partial charge in [-0.25, -0.2) is 4.98 Å². The van der Waals surface area contributed by atoms with Gasteiger partial charge in [0.1, 0.15) is 5.82 Å². The van der Waals surface area contributed by atoms with E-state index in [4.69, 9.17) is 17.2 Å². The number of hydrogen-bond acceptors (Lipinski definition) is 5. The van der Waals surface area contributed by atoms with Crippen LogP contribution in [0.25, 0.3) is 10.8 Å². The van der Waals surface area contributed by atoms with Gasteiger partial charge in [-0.2, -0.15) is 0 Å². The maximum Gasteiger partial charge on any atom is 0.229 e. The Bertz CT molecular complexity index is 706. The molecule has 6 N–H and O–H groups in total. The Balaban J connectivity index is 2.38. The number of pyridine rings is 2. The summed E-state index contributed by atoms with van der Waals surface area (Å²) in [5.74, 6) is -0.0555. The summed E-state index contributed by atoms with van der Waals surface area (Å²) in [6.07, 6.45) is 4.70. The molecular formula is C13H15N5O. The second kappa shape index (κ2) is 3.57. The number of hydrogen-bond donors (Lipinski definition) is 3. The van der Waals surface area contributed by atoms with E-state index in [1.54, 1.807) is 12.4 Å². The monoisotopic (exact) mass is 257 g/mol. The van der Waals surface area contributed by atoms with E-state index in [1.165, 1.54) is 0 Å². The summed E-state index contributed by atoms with van der Waals surface area (Å²) in [5, 5.41) is 1.52. The molecule has 3 rings (SSSR count). The molecule has 1 saturated carbocycles. The number of rotatable bonds is 2. The van der Waals surface area contributed by atoms with E-state index in [2.05, 4.69) is 9.97 Å². The highest BCUT2D eigenvalue weighted by molar-refractivity contribution is 6.03. The molecule has 0 radical (unpaired) electrons. The van der Waals surface area contributed by atoms with Gasteiger partial charge in [0.15, 0.2) is 0 Å². The zero-order valence-corrected chi connectivity index (χ0v) is 10.6. The van der Waals surface area contributed by atoms with E-state index < -0.39 is 11.3 Å². The number of aryl methyl sites for hydroxylation is 1. The van der Waals surface area contributed by atoms with Gasteiger partial charge in [-0.1, -0.05) is 0 Å². The molecule has 0 unspecified atom stereocenters. The molecule has 0 bridgehead atoms. The van der Waals surface area contributed by atoms with Crippen LogP contribution in [0, 0.1) is 6.92 Å². The number of nitrogens with zero attached hydrogens (tertiary/aromatic N) is 2. The third kappa shape index (κ3) is 1.46. The Morgan fingerprint density at radius 3 is 2.58 bits per heavy atom. The molecule has 1 fully saturated rings. The number of aromatic nitrogens is 2. The van der Waals surface area contributed by atoms with Gasteiger partial charge in [-0.15, -0.1) is 0 Å². The van der Waals surface area contributed by atoms with Gasteiger partial charge in [0.2, 0.25) is 5.91 Å². The summed E-state index contributed by atoms with van der Waals surface area (Å²) >= 11 is 0. The minimum atomic E-state index is -0.734. The maximum absolute atomic E-state index is 11.6. The molecule has 1 aliphatic carbocycles. The minimum absolute atomic E-state index is 0.336. The second-order valence-electron chi connectivity index (χ2n) is 5.08. The van der Waals surface area contributed by atoms with Crippen LogP contribution in [0.2, 0.25) is 0 Å². The van der Waals surface area contributed by atoms with Gasteiger partial charge in [-0.05, 0) is 25.3 Å². The van der Waals surface area contributed by atoms with Gasteiger partial charge in [0, 0.05) is 23.2 Å². The average molecular weight is 257 g/mol. The van der Waals surface area contributed by atoms with Crippen molar-refractivity contribution >= 4 is 28.2 Å². The largest absolute Gasteiger partial charge is 0.397 e. The highest BCUT2D eigenvalue weighted by atomic mass is 16.1. The number of primary amides is 1. The molecule has 6 nitrogen and oxygen atoms in total. The summed E-state index contributed by atoms with van der Waals surface area (Å²) in [4.78, 5) is 20.0. The van der Waals surface area contributed by atoms with E-state index in [9.17, 15) is 4.79 Å². The fourth-order valence-corrected chi connectivity index (χ4v) is 2.57. The second-order valence-corrected chi connectivity index (χ2v) is 5.08. The summed E-state index contributed by atoms with van der Waals surface area (Å²) in [5.41, 5.74) is 18.8. The van der Waals surface area contributed by atoms with Crippen LogP contribution in [-0.4, -0.2) is 15.9 Å². The molecule has 6 heteroatoms. The molecule has 98 valence electrons. The van der Waals surface area contributed by atoms with E-state index in [0.717, 1.165) is 10.9 Å². The molecule has 19 heavy (non-hydrogen) atoms. The topological polar surface area (TPSA) is 121 Å². The quantitative estimate of drug-likeness (QED) is 0.728. The molecule has 0 saturated heterocycles. The lowest BCUT2D eigenvalue weighted by Gasteiger charge is -2.17. The number of amides is 1. The zero-order valence-electron chi connectivity index (χ0n) is 10.6. The Morgan fingerprint density at radius 1 is 1.32 bits per heavy atom. The normalized spacial score (nSPS) is 16.5. The smallest absolute Gasteiger partial charge is 0.229 e. The van der Waals surface area contributed by atoms with Crippen LogP contribution in [0.1, 0.15) is 24.1 Å². The lowest BCUT2D eigenvalue weighted by molar-refractivity contribution is -0.120. The molecule has 0 aromatic carbocycles. The lowest BCUT2D eigenvalue weighted by atomic mass is 9.95. The van der Waals surface area contributed by atoms with Crippen molar-refractivity contribution in [1.29, 1.82) is 0 Å². The first-order valence-electron chi connectivity index (χ1n) is 6.07. The summed E-state index contributed by atoms with van der Waals surface area (Å²) in [6, 6.07) is 0. The predicted molar refractivity (Wildman–Crippen MR) is 73.2 cm³/mol. The number of fused-ring (bicyclic) bond motifs is 1. The number of anilines is 2. The van der Waals surface area contributed by atoms with Gasteiger partial charge < -0.3 is 17.2 Å². The van der Waals surface area contributed by atoms with Crippen LogP contribution < -0.4 is 17.2 Å². The van der Waals surface area contributed by atoms with Crippen LogP contribution in [0.3, 0.4) is 0 Å². The molecule has 2 heterocycles. The van der Waals surface area contributed by atoms with E-state index in [1.807, 2.05) is 6.92 Å². The zero-order chi connectivity index (χ0) is 13.8. The van der Waals surface area contributed by atoms with Gasteiger partial charge >= 0.3 is 0 Å². The molecular weight excluding hydrogens is 242 g/mol.